The van der Waals surface area contributed by atoms with Gasteiger partial charge in [0.05, 0.1) is 19.9 Å². The molecule has 2 rings (SSSR count). The highest BCUT2D eigenvalue weighted by atomic mass is 31.1. The maximum absolute atomic E-state index is 4.33. The summed E-state index contributed by atoms with van der Waals surface area (Å²) in [5, 5.41) is 0. The molecule has 1 atom stereocenters. The summed E-state index contributed by atoms with van der Waals surface area (Å²) in [6.07, 6.45) is 0. The van der Waals surface area contributed by atoms with Gasteiger partial charge in [-0.1, -0.05) is 30.3 Å². The van der Waals surface area contributed by atoms with Crippen LogP contribution in [0.3, 0.4) is 0 Å². The van der Waals surface area contributed by atoms with Crippen LogP contribution in [0.15, 0.2) is 30.3 Å². The molecule has 2 nitrogen and oxygen atoms in total. The van der Waals surface area contributed by atoms with E-state index in [1.165, 1.54) is 5.56 Å². The Morgan fingerprint density at radius 1 is 1.08 bits per heavy atom. The standard InChI is InChI=1S/C9H9N2P/c1-7-9(11-12-10-7)8-5-3-2-4-6-8/h2-6,12H,1H3. The molecule has 0 saturated carbocycles. The first-order valence-corrected chi connectivity index (χ1v) is 4.70. The Morgan fingerprint density at radius 3 is 2.42 bits per heavy atom. The SMILES string of the molecule is Cc1n[pH]nc1-c1ccccc1. The molecule has 1 aromatic carbocycles. The van der Waals surface area contributed by atoms with Crippen molar-refractivity contribution >= 4 is 8.51 Å². The number of aryl methyl sites for hydroxylation is 1. The molecule has 1 unspecified atom stereocenters. The number of rotatable bonds is 1. The molecule has 1 aromatic heterocycles. The average Bonchev–Trinajstić information content (AvgIpc) is 2.53. The highest BCUT2D eigenvalue weighted by Crippen LogP contribution is 2.21. The molecule has 60 valence electrons. The maximum Gasteiger partial charge on any atom is 0.0973 e. The van der Waals surface area contributed by atoms with Crippen molar-refractivity contribution in [3.8, 4) is 11.3 Å². The molecule has 0 bridgehead atoms. The monoisotopic (exact) mass is 176 g/mol. The van der Waals surface area contributed by atoms with Crippen LogP contribution in [-0.4, -0.2) is 9.49 Å². The Kier molecular flexibility index (Phi) is 1.92. The fourth-order valence-electron chi connectivity index (χ4n) is 1.15. The smallest absolute Gasteiger partial charge is 0.0973 e. The Balaban J connectivity index is 2.51. The first-order valence-electron chi connectivity index (χ1n) is 3.81. The van der Waals surface area contributed by atoms with Crippen molar-refractivity contribution in [3.63, 3.8) is 0 Å². The zero-order chi connectivity index (χ0) is 8.39. The maximum atomic E-state index is 4.33. The van der Waals surface area contributed by atoms with Gasteiger partial charge in [-0.15, -0.1) is 0 Å². The van der Waals surface area contributed by atoms with Gasteiger partial charge in [-0.3, -0.25) is 0 Å². The van der Waals surface area contributed by atoms with Crippen LogP contribution in [-0.2, 0) is 0 Å². The minimum atomic E-state index is 0.371. The molecular weight excluding hydrogens is 167 g/mol. The highest BCUT2D eigenvalue weighted by Gasteiger charge is 2.02. The van der Waals surface area contributed by atoms with Crippen LogP contribution in [0, 0.1) is 6.92 Å². The number of aromatic nitrogens is 2. The van der Waals surface area contributed by atoms with Crippen LogP contribution in [0.25, 0.3) is 11.3 Å². The van der Waals surface area contributed by atoms with E-state index in [4.69, 9.17) is 0 Å². The van der Waals surface area contributed by atoms with E-state index in [0.717, 1.165) is 11.4 Å². The van der Waals surface area contributed by atoms with Crippen molar-refractivity contribution in [1.29, 1.82) is 0 Å². The zero-order valence-electron chi connectivity index (χ0n) is 6.78. The lowest BCUT2D eigenvalue weighted by Crippen LogP contribution is -1.79. The van der Waals surface area contributed by atoms with Crippen LogP contribution >= 0.6 is 8.51 Å². The number of hydrogen-bond acceptors (Lipinski definition) is 2. The van der Waals surface area contributed by atoms with Crippen LogP contribution < -0.4 is 0 Å². The zero-order valence-corrected chi connectivity index (χ0v) is 7.78. The van der Waals surface area contributed by atoms with E-state index in [2.05, 4.69) is 21.6 Å². The number of hydrogen-bond donors (Lipinski definition) is 0. The first-order chi connectivity index (χ1) is 5.88. The van der Waals surface area contributed by atoms with Gasteiger partial charge in [-0.25, -0.2) is 9.49 Å². The van der Waals surface area contributed by atoms with Crippen LogP contribution in [0.5, 0.6) is 0 Å². The molecule has 0 radical (unpaired) electrons. The van der Waals surface area contributed by atoms with Crippen molar-refractivity contribution in [2.45, 2.75) is 6.92 Å². The van der Waals surface area contributed by atoms with Gasteiger partial charge in [-0.2, -0.15) is 0 Å². The summed E-state index contributed by atoms with van der Waals surface area (Å²) in [5.41, 5.74) is 3.28. The van der Waals surface area contributed by atoms with Crippen molar-refractivity contribution in [1.82, 2.24) is 9.49 Å². The summed E-state index contributed by atoms with van der Waals surface area (Å²) in [7, 11) is 0.371. The van der Waals surface area contributed by atoms with Crippen molar-refractivity contribution in [2.24, 2.45) is 0 Å². The third-order valence-electron chi connectivity index (χ3n) is 1.77. The molecule has 0 amide bonds. The third kappa shape index (κ3) is 1.26. The van der Waals surface area contributed by atoms with E-state index < -0.39 is 0 Å². The summed E-state index contributed by atoms with van der Waals surface area (Å²) in [4.78, 5) is 0. The van der Waals surface area contributed by atoms with Gasteiger partial charge in [-0.05, 0) is 6.92 Å². The molecule has 12 heavy (non-hydrogen) atoms. The predicted molar refractivity (Wildman–Crippen MR) is 51.7 cm³/mol. The Bertz CT molecular complexity index is 367. The van der Waals surface area contributed by atoms with Gasteiger partial charge >= 0.3 is 0 Å². The molecule has 0 spiro atoms. The van der Waals surface area contributed by atoms with Gasteiger partial charge in [0, 0.05) is 5.56 Å². The van der Waals surface area contributed by atoms with Crippen LogP contribution in [0.2, 0.25) is 0 Å². The number of nitrogens with zero attached hydrogens (tertiary/aromatic N) is 2. The van der Waals surface area contributed by atoms with Gasteiger partial charge in [0.1, 0.15) is 0 Å². The molecule has 3 heteroatoms. The Hall–Kier alpha value is -1.14. The summed E-state index contributed by atoms with van der Waals surface area (Å²) < 4.78 is 8.56. The third-order valence-corrected chi connectivity index (χ3v) is 2.53. The van der Waals surface area contributed by atoms with Crippen molar-refractivity contribution < 1.29 is 0 Å². The van der Waals surface area contributed by atoms with Gasteiger partial charge < -0.3 is 0 Å². The first kappa shape index (κ1) is 7.51. The van der Waals surface area contributed by atoms with Crippen molar-refractivity contribution in [2.75, 3.05) is 0 Å². The van der Waals surface area contributed by atoms with E-state index in [0.29, 0.717) is 8.51 Å². The largest absolute Gasteiger partial charge is 0.224 e. The molecule has 0 aliphatic carbocycles. The molecular formula is C9H9N2P. The van der Waals surface area contributed by atoms with E-state index in [-0.39, 0.29) is 0 Å². The molecule has 0 aliphatic heterocycles. The summed E-state index contributed by atoms with van der Waals surface area (Å²) >= 11 is 0. The Labute approximate surface area is 72.9 Å². The minimum Gasteiger partial charge on any atom is -0.224 e. The lowest BCUT2D eigenvalue weighted by Gasteiger charge is -1.95. The summed E-state index contributed by atoms with van der Waals surface area (Å²) in [5.74, 6) is 0. The highest BCUT2D eigenvalue weighted by molar-refractivity contribution is 7.20. The Morgan fingerprint density at radius 2 is 1.83 bits per heavy atom. The van der Waals surface area contributed by atoms with E-state index in [1.807, 2.05) is 25.1 Å². The second-order valence-electron chi connectivity index (χ2n) is 2.62. The quantitative estimate of drug-likeness (QED) is 0.667. The lowest BCUT2D eigenvalue weighted by molar-refractivity contribution is 1.32. The average molecular weight is 176 g/mol. The second-order valence-corrected chi connectivity index (χ2v) is 3.27. The van der Waals surface area contributed by atoms with Gasteiger partial charge in [0.2, 0.25) is 0 Å². The van der Waals surface area contributed by atoms with E-state index in [1.54, 1.807) is 0 Å². The van der Waals surface area contributed by atoms with Gasteiger partial charge in [0.25, 0.3) is 0 Å². The molecule has 2 aromatic rings. The molecule has 0 saturated heterocycles. The van der Waals surface area contributed by atoms with Crippen molar-refractivity contribution in [3.05, 3.63) is 36.0 Å². The van der Waals surface area contributed by atoms with Crippen LogP contribution in [0.1, 0.15) is 5.69 Å². The van der Waals surface area contributed by atoms with Gasteiger partial charge in [0.15, 0.2) is 0 Å². The lowest BCUT2D eigenvalue weighted by atomic mass is 10.1. The predicted octanol–water partition coefficient (Wildman–Crippen LogP) is 2.48. The van der Waals surface area contributed by atoms with E-state index in [9.17, 15) is 0 Å². The normalized spacial score (nSPS) is 10.8. The van der Waals surface area contributed by atoms with Crippen LogP contribution in [0.4, 0.5) is 0 Å². The molecule has 1 heterocycles. The summed E-state index contributed by atoms with van der Waals surface area (Å²) in [6, 6.07) is 10.2. The topological polar surface area (TPSA) is 25.8 Å². The fraction of sp³-hybridized carbons (Fsp3) is 0.111. The molecule has 0 aliphatic rings. The molecule has 0 N–H and O–H groups in total. The number of benzene rings is 1. The van der Waals surface area contributed by atoms with E-state index >= 15 is 0 Å². The second kappa shape index (κ2) is 3.08. The molecule has 0 fully saturated rings. The summed E-state index contributed by atoms with van der Waals surface area (Å²) in [6.45, 7) is 2.01. The fourth-order valence-corrected chi connectivity index (χ4v) is 1.85. The minimum absolute atomic E-state index is 0.371.